The average molecular weight is 467 g/mol. The van der Waals surface area contributed by atoms with Crippen LogP contribution < -0.4 is 5.32 Å². The van der Waals surface area contributed by atoms with E-state index in [9.17, 15) is 18.7 Å². The van der Waals surface area contributed by atoms with E-state index in [0.29, 0.717) is 29.7 Å². The first-order valence-corrected chi connectivity index (χ1v) is 10.9. The number of benzene rings is 2. The van der Waals surface area contributed by atoms with Crippen LogP contribution in [0, 0.1) is 11.6 Å². The third kappa shape index (κ3) is 4.17. The minimum absolute atomic E-state index is 0.00623. The lowest BCUT2D eigenvalue weighted by atomic mass is 10.1. The highest BCUT2D eigenvalue weighted by atomic mass is 19.1. The zero-order valence-electron chi connectivity index (χ0n) is 18.4. The number of hydrogen-bond donors (Lipinski definition) is 2. The molecule has 5 rings (SSSR count). The molecule has 0 aliphatic carbocycles. The highest BCUT2D eigenvalue weighted by Crippen LogP contribution is 2.26. The molecular formula is C24H23F2N5O3. The topological polar surface area (TPSA) is 94.2 Å². The zero-order valence-corrected chi connectivity index (χ0v) is 18.4. The minimum Gasteiger partial charge on any atom is -0.389 e. The molecule has 4 aromatic rings. The molecule has 0 unspecified atom stereocenters. The fraction of sp³-hybridized carbons (Fsp3) is 0.292. The zero-order chi connectivity index (χ0) is 23.8. The summed E-state index contributed by atoms with van der Waals surface area (Å²) in [6.45, 7) is 0.523. The number of amides is 1. The van der Waals surface area contributed by atoms with Crippen molar-refractivity contribution >= 4 is 16.8 Å². The molecule has 34 heavy (non-hydrogen) atoms. The Morgan fingerprint density at radius 1 is 1.24 bits per heavy atom. The van der Waals surface area contributed by atoms with Crippen molar-refractivity contribution in [1.82, 2.24) is 24.9 Å². The number of hydrogen-bond acceptors (Lipinski definition) is 5. The fourth-order valence-electron chi connectivity index (χ4n) is 4.18. The molecule has 8 nitrogen and oxygen atoms in total. The fourth-order valence-corrected chi connectivity index (χ4v) is 4.18. The summed E-state index contributed by atoms with van der Waals surface area (Å²) in [5, 5.41) is 21.3. The van der Waals surface area contributed by atoms with Gasteiger partial charge in [-0.3, -0.25) is 14.2 Å². The molecule has 1 fully saturated rings. The number of aliphatic hydroxyl groups is 1. The molecule has 0 radical (unpaired) electrons. The van der Waals surface area contributed by atoms with E-state index in [4.69, 9.17) is 4.74 Å². The van der Waals surface area contributed by atoms with Gasteiger partial charge in [0.1, 0.15) is 11.6 Å². The molecule has 3 heterocycles. The van der Waals surface area contributed by atoms with Crippen molar-refractivity contribution in [3.63, 3.8) is 0 Å². The maximum atomic E-state index is 15.0. The van der Waals surface area contributed by atoms with Crippen LogP contribution in [-0.2, 0) is 18.3 Å². The van der Waals surface area contributed by atoms with Crippen molar-refractivity contribution in [3.8, 4) is 11.1 Å². The summed E-state index contributed by atoms with van der Waals surface area (Å²) in [4.78, 5) is 13.0. The number of halogens is 2. The van der Waals surface area contributed by atoms with Crippen LogP contribution in [-0.4, -0.2) is 55.9 Å². The van der Waals surface area contributed by atoms with Crippen LogP contribution in [0.1, 0.15) is 22.5 Å². The van der Waals surface area contributed by atoms with E-state index >= 15 is 0 Å². The van der Waals surface area contributed by atoms with E-state index < -0.39 is 29.7 Å². The lowest BCUT2D eigenvalue weighted by molar-refractivity contribution is -0.0261. The van der Waals surface area contributed by atoms with Gasteiger partial charge in [0.2, 0.25) is 0 Å². The Bertz CT molecular complexity index is 1370. The van der Waals surface area contributed by atoms with Gasteiger partial charge in [-0.15, -0.1) is 0 Å². The van der Waals surface area contributed by atoms with E-state index in [1.165, 1.54) is 22.9 Å². The molecule has 1 saturated heterocycles. The van der Waals surface area contributed by atoms with Crippen molar-refractivity contribution in [2.24, 2.45) is 7.05 Å². The molecule has 2 aromatic carbocycles. The molecule has 1 amide bonds. The van der Waals surface area contributed by atoms with E-state index in [2.05, 4.69) is 15.5 Å². The van der Waals surface area contributed by atoms with E-state index in [1.807, 2.05) is 0 Å². The number of fused-ring (bicyclic) bond motifs is 1. The van der Waals surface area contributed by atoms with Crippen LogP contribution in [0.25, 0.3) is 22.0 Å². The van der Waals surface area contributed by atoms with Crippen LogP contribution in [0.5, 0.6) is 0 Å². The second kappa shape index (κ2) is 8.96. The van der Waals surface area contributed by atoms with Crippen LogP contribution in [0.15, 0.2) is 48.8 Å². The lowest BCUT2D eigenvalue weighted by Crippen LogP contribution is -2.48. The van der Waals surface area contributed by atoms with E-state index in [-0.39, 0.29) is 24.2 Å². The van der Waals surface area contributed by atoms with Gasteiger partial charge in [-0.1, -0.05) is 18.2 Å². The van der Waals surface area contributed by atoms with Gasteiger partial charge in [-0.2, -0.15) is 10.2 Å². The Balaban J connectivity index is 1.46. The van der Waals surface area contributed by atoms with E-state index in [1.54, 1.807) is 42.3 Å². The summed E-state index contributed by atoms with van der Waals surface area (Å²) in [5.74, 6) is -1.65. The minimum atomic E-state index is -0.858. The summed E-state index contributed by atoms with van der Waals surface area (Å²) < 4.78 is 38.0. The van der Waals surface area contributed by atoms with Crippen LogP contribution in [0.3, 0.4) is 0 Å². The van der Waals surface area contributed by atoms with Crippen molar-refractivity contribution in [2.45, 2.75) is 25.1 Å². The number of aromatic nitrogens is 4. The molecule has 0 saturated carbocycles. The molecular weight excluding hydrogens is 444 g/mol. The van der Waals surface area contributed by atoms with Crippen molar-refractivity contribution in [2.75, 3.05) is 13.2 Å². The van der Waals surface area contributed by atoms with E-state index in [0.717, 1.165) is 5.56 Å². The molecule has 2 aromatic heterocycles. The third-order valence-electron chi connectivity index (χ3n) is 6.00. The first-order valence-electron chi connectivity index (χ1n) is 10.9. The number of rotatable bonds is 5. The second-order valence-corrected chi connectivity index (χ2v) is 8.36. The number of aryl methyl sites for hydroxylation is 1. The quantitative estimate of drug-likeness (QED) is 0.471. The first kappa shape index (κ1) is 22.2. The molecule has 0 bridgehead atoms. The number of carbonyl (C=O) groups is 1. The number of nitrogens with one attached hydrogen (secondary N) is 1. The van der Waals surface area contributed by atoms with Gasteiger partial charge in [0, 0.05) is 31.0 Å². The first-order chi connectivity index (χ1) is 16.4. The standard InChI is InChI=1S/C24H23F2N5O3/c1-30-11-16(10-27-30)14-5-6-15(18(26)9-14)12-31-20-4-2-3-17(25)22(20)23(29-31)24(33)28-19-7-8-34-13-21(19)32/h2-6,9-11,19,21,32H,7-8,12-13H2,1H3,(H,28,33)/t19-,21-/m0/s1. The summed E-state index contributed by atoms with van der Waals surface area (Å²) in [5.41, 5.74) is 2.07. The monoisotopic (exact) mass is 467 g/mol. The van der Waals surface area contributed by atoms with Gasteiger partial charge >= 0.3 is 0 Å². The normalized spacial score (nSPS) is 18.4. The van der Waals surface area contributed by atoms with Crippen LogP contribution >= 0.6 is 0 Å². The van der Waals surface area contributed by atoms with Crippen LogP contribution in [0.4, 0.5) is 8.78 Å². The highest BCUT2D eigenvalue weighted by Gasteiger charge is 2.28. The Morgan fingerprint density at radius 2 is 2.09 bits per heavy atom. The van der Waals surface area contributed by atoms with Crippen molar-refractivity contribution in [3.05, 3.63) is 71.7 Å². The Hall–Kier alpha value is -3.63. The molecule has 2 atom stereocenters. The smallest absolute Gasteiger partial charge is 0.272 e. The lowest BCUT2D eigenvalue weighted by Gasteiger charge is -2.28. The van der Waals surface area contributed by atoms with Gasteiger partial charge < -0.3 is 15.2 Å². The molecule has 0 spiro atoms. The molecule has 10 heteroatoms. The Morgan fingerprint density at radius 3 is 2.82 bits per heavy atom. The maximum Gasteiger partial charge on any atom is 0.272 e. The molecule has 176 valence electrons. The maximum absolute atomic E-state index is 15.0. The number of ether oxygens (including phenoxy) is 1. The number of aliphatic hydroxyl groups excluding tert-OH is 1. The Kier molecular flexibility index (Phi) is 5.84. The van der Waals surface area contributed by atoms with Gasteiger partial charge in [0.25, 0.3) is 5.91 Å². The van der Waals surface area contributed by atoms with Crippen molar-refractivity contribution in [1.29, 1.82) is 0 Å². The van der Waals surface area contributed by atoms with Gasteiger partial charge in [-0.25, -0.2) is 8.78 Å². The van der Waals surface area contributed by atoms with Gasteiger partial charge in [-0.05, 0) is 30.2 Å². The highest BCUT2D eigenvalue weighted by molar-refractivity contribution is 6.05. The van der Waals surface area contributed by atoms with Gasteiger partial charge in [0.05, 0.1) is 42.4 Å². The summed E-state index contributed by atoms with van der Waals surface area (Å²) >= 11 is 0. The summed E-state index contributed by atoms with van der Waals surface area (Å²) in [6.07, 6.45) is 3.02. The summed E-state index contributed by atoms with van der Waals surface area (Å²) in [6, 6.07) is 8.71. The second-order valence-electron chi connectivity index (χ2n) is 8.36. The Labute approximate surface area is 193 Å². The number of nitrogens with zero attached hydrogens (tertiary/aromatic N) is 4. The number of carbonyl (C=O) groups excluding carboxylic acids is 1. The van der Waals surface area contributed by atoms with Gasteiger partial charge in [0.15, 0.2) is 5.69 Å². The molecule has 1 aliphatic heterocycles. The van der Waals surface area contributed by atoms with Crippen molar-refractivity contribution < 1.29 is 23.4 Å². The predicted molar refractivity (Wildman–Crippen MR) is 120 cm³/mol. The average Bonchev–Trinajstić information content (AvgIpc) is 3.41. The van der Waals surface area contributed by atoms with Crippen LogP contribution in [0.2, 0.25) is 0 Å². The summed E-state index contributed by atoms with van der Waals surface area (Å²) in [7, 11) is 1.78. The molecule has 2 N–H and O–H groups in total. The SMILES string of the molecule is Cn1cc(-c2ccc(Cn3nc(C(=O)N[C@H]4CCOC[C@@H]4O)c4c(F)cccc43)c(F)c2)cn1. The third-order valence-corrected chi connectivity index (χ3v) is 6.00. The predicted octanol–water partition coefficient (Wildman–Crippen LogP) is 2.64. The largest absolute Gasteiger partial charge is 0.389 e. The molecule has 1 aliphatic rings.